The van der Waals surface area contributed by atoms with E-state index in [1.165, 1.54) is 0 Å². The number of nitro groups is 1. The highest BCUT2D eigenvalue weighted by Gasteiger charge is 2.41. The molecule has 4 rings (SSSR count). The van der Waals surface area contributed by atoms with Crippen molar-refractivity contribution >= 4 is 23.0 Å². The number of nitrogens with one attached hydrogen (secondary N) is 1. The van der Waals surface area contributed by atoms with Gasteiger partial charge >= 0.3 is 0 Å². The summed E-state index contributed by atoms with van der Waals surface area (Å²) in [6.07, 6.45) is 5.37. The third kappa shape index (κ3) is 2.52. The SMILES string of the molecule is Cc1cc([N+](=O)[O-])c2c(c1C)[C@@H]1C=CC[C@@H]1C(c1ccc(Cl)cc1)N2. The van der Waals surface area contributed by atoms with E-state index in [2.05, 4.69) is 24.4 Å². The molecule has 0 bridgehead atoms. The molecule has 0 spiro atoms. The Morgan fingerprint density at radius 3 is 2.64 bits per heavy atom. The van der Waals surface area contributed by atoms with E-state index in [-0.39, 0.29) is 22.6 Å². The Kier molecular flexibility index (Phi) is 3.80. The van der Waals surface area contributed by atoms with E-state index in [4.69, 9.17) is 11.6 Å². The quantitative estimate of drug-likeness (QED) is 0.428. The normalized spacial score (nSPS) is 23.7. The average molecular weight is 355 g/mol. The number of aryl methyl sites for hydroxylation is 1. The Morgan fingerprint density at radius 2 is 1.96 bits per heavy atom. The van der Waals surface area contributed by atoms with Crippen molar-refractivity contribution in [1.29, 1.82) is 0 Å². The second-order valence-electron chi connectivity index (χ2n) is 6.91. The van der Waals surface area contributed by atoms with Gasteiger partial charge in [0.25, 0.3) is 5.69 Å². The minimum absolute atomic E-state index is 0.0329. The fourth-order valence-electron chi connectivity index (χ4n) is 4.22. The summed E-state index contributed by atoms with van der Waals surface area (Å²) in [7, 11) is 0. The van der Waals surface area contributed by atoms with Gasteiger partial charge in [-0.25, -0.2) is 0 Å². The third-order valence-corrected chi connectivity index (χ3v) is 5.83. The molecular formula is C20H19ClN2O2. The van der Waals surface area contributed by atoms with Crippen molar-refractivity contribution in [1.82, 2.24) is 0 Å². The molecule has 2 aromatic rings. The molecule has 1 aliphatic heterocycles. The smallest absolute Gasteiger partial charge is 0.292 e. The maximum absolute atomic E-state index is 11.6. The lowest BCUT2D eigenvalue weighted by Crippen LogP contribution is -2.30. The number of allylic oxidation sites excluding steroid dienone is 2. The summed E-state index contributed by atoms with van der Waals surface area (Å²) in [6, 6.07) is 9.48. The first-order chi connectivity index (χ1) is 12.0. The molecule has 1 aliphatic carbocycles. The van der Waals surface area contributed by atoms with Gasteiger partial charge in [0, 0.05) is 17.0 Å². The predicted octanol–water partition coefficient (Wildman–Crippen LogP) is 5.69. The number of fused-ring (bicyclic) bond motifs is 3. The number of nitro benzene ring substituents is 1. The zero-order chi connectivity index (χ0) is 17.7. The van der Waals surface area contributed by atoms with E-state index in [1.54, 1.807) is 6.07 Å². The molecular weight excluding hydrogens is 336 g/mol. The van der Waals surface area contributed by atoms with Crippen LogP contribution in [0.1, 0.15) is 40.6 Å². The molecule has 0 saturated carbocycles. The second kappa shape index (κ2) is 5.88. The van der Waals surface area contributed by atoms with Crippen LogP contribution in [0.5, 0.6) is 0 Å². The Balaban J connectivity index is 1.90. The van der Waals surface area contributed by atoms with E-state index in [0.29, 0.717) is 16.6 Å². The van der Waals surface area contributed by atoms with Crippen molar-refractivity contribution < 1.29 is 4.92 Å². The average Bonchev–Trinajstić information content (AvgIpc) is 3.07. The molecule has 5 heteroatoms. The number of anilines is 1. The second-order valence-corrected chi connectivity index (χ2v) is 7.35. The van der Waals surface area contributed by atoms with Gasteiger partial charge in [-0.2, -0.15) is 0 Å². The zero-order valence-corrected chi connectivity index (χ0v) is 14.9. The van der Waals surface area contributed by atoms with Gasteiger partial charge in [-0.15, -0.1) is 0 Å². The first-order valence-electron chi connectivity index (χ1n) is 8.44. The minimum Gasteiger partial charge on any atom is -0.372 e. The lowest BCUT2D eigenvalue weighted by atomic mass is 9.74. The van der Waals surface area contributed by atoms with Crippen molar-refractivity contribution in [3.8, 4) is 0 Å². The van der Waals surface area contributed by atoms with Gasteiger partial charge in [-0.1, -0.05) is 35.9 Å². The molecule has 2 aliphatic rings. The van der Waals surface area contributed by atoms with Crippen molar-refractivity contribution in [2.75, 3.05) is 5.32 Å². The standard InChI is InChI=1S/C20H19ClN2O2/c1-11-10-17(23(24)25)20-18(12(11)2)15-4-3-5-16(15)19(22-20)13-6-8-14(21)9-7-13/h3-4,6-10,15-16,19,22H,5H2,1-2H3/t15-,16+,19?/m1/s1. The van der Waals surface area contributed by atoms with Crippen LogP contribution in [0.3, 0.4) is 0 Å². The van der Waals surface area contributed by atoms with Gasteiger partial charge < -0.3 is 5.32 Å². The molecule has 0 radical (unpaired) electrons. The number of nitrogens with zero attached hydrogens (tertiary/aromatic N) is 1. The van der Waals surface area contributed by atoms with Crippen LogP contribution in [0.4, 0.5) is 11.4 Å². The van der Waals surface area contributed by atoms with Gasteiger partial charge in [0.05, 0.1) is 11.0 Å². The van der Waals surface area contributed by atoms with E-state index >= 15 is 0 Å². The lowest BCUT2D eigenvalue weighted by molar-refractivity contribution is -0.384. The molecule has 0 amide bonds. The number of benzene rings is 2. The Hall–Kier alpha value is -2.33. The van der Waals surface area contributed by atoms with Crippen LogP contribution >= 0.6 is 11.6 Å². The third-order valence-electron chi connectivity index (χ3n) is 5.57. The maximum Gasteiger partial charge on any atom is 0.292 e. The topological polar surface area (TPSA) is 55.2 Å². The number of hydrogen-bond acceptors (Lipinski definition) is 3. The first-order valence-corrected chi connectivity index (χ1v) is 8.82. The van der Waals surface area contributed by atoms with Crippen LogP contribution in [0.25, 0.3) is 0 Å². The van der Waals surface area contributed by atoms with Crippen LogP contribution in [0.15, 0.2) is 42.5 Å². The molecule has 1 heterocycles. The fourth-order valence-corrected chi connectivity index (χ4v) is 4.35. The molecule has 1 unspecified atom stereocenters. The van der Waals surface area contributed by atoms with E-state index < -0.39 is 0 Å². The fraction of sp³-hybridized carbons (Fsp3) is 0.300. The molecule has 0 saturated heterocycles. The number of rotatable bonds is 2. The van der Waals surface area contributed by atoms with Gasteiger partial charge in [-0.3, -0.25) is 10.1 Å². The summed E-state index contributed by atoms with van der Waals surface area (Å²) in [6.45, 7) is 4.01. The highest BCUT2D eigenvalue weighted by molar-refractivity contribution is 6.30. The van der Waals surface area contributed by atoms with Crippen LogP contribution < -0.4 is 5.32 Å². The molecule has 25 heavy (non-hydrogen) atoms. The van der Waals surface area contributed by atoms with E-state index in [0.717, 1.165) is 28.7 Å². The zero-order valence-electron chi connectivity index (χ0n) is 14.1. The summed E-state index contributed by atoms with van der Waals surface area (Å²) in [4.78, 5) is 11.4. The molecule has 2 aromatic carbocycles. The summed E-state index contributed by atoms with van der Waals surface area (Å²) in [5, 5.41) is 15.8. The first kappa shape index (κ1) is 16.2. The Labute approximate surface area is 151 Å². The van der Waals surface area contributed by atoms with E-state index in [9.17, 15) is 10.1 Å². The van der Waals surface area contributed by atoms with E-state index in [1.807, 2.05) is 31.2 Å². The lowest BCUT2D eigenvalue weighted by Gasteiger charge is -2.38. The molecule has 4 nitrogen and oxygen atoms in total. The summed E-state index contributed by atoms with van der Waals surface area (Å²) in [5.41, 5.74) is 5.13. The summed E-state index contributed by atoms with van der Waals surface area (Å²) in [5.74, 6) is 0.560. The van der Waals surface area contributed by atoms with Crippen LogP contribution in [0, 0.1) is 29.9 Å². The van der Waals surface area contributed by atoms with Crippen LogP contribution in [-0.2, 0) is 0 Å². The summed E-state index contributed by atoms with van der Waals surface area (Å²) >= 11 is 6.03. The van der Waals surface area contributed by atoms with Gasteiger partial charge in [0.15, 0.2) is 0 Å². The van der Waals surface area contributed by atoms with Crippen molar-refractivity contribution in [3.63, 3.8) is 0 Å². The molecule has 0 aromatic heterocycles. The molecule has 1 N–H and O–H groups in total. The number of halogens is 1. The van der Waals surface area contributed by atoms with Crippen LogP contribution in [-0.4, -0.2) is 4.92 Å². The summed E-state index contributed by atoms with van der Waals surface area (Å²) < 4.78 is 0. The van der Waals surface area contributed by atoms with Gasteiger partial charge in [0.2, 0.25) is 0 Å². The maximum atomic E-state index is 11.6. The molecule has 3 atom stereocenters. The van der Waals surface area contributed by atoms with Crippen molar-refractivity contribution in [2.24, 2.45) is 5.92 Å². The number of hydrogen-bond donors (Lipinski definition) is 1. The highest BCUT2D eigenvalue weighted by atomic mass is 35.5. The van der Waals surface area contributed by atoms with Gasteiger partial charge in [0.1, 0.15) is 5.69 Å². The molecule has 0 fully saturated rings. The minimum atomic E-state index is -0.282. The Bertz CT molecular complexity index is 890. The van der Waals surface area contributed by atoms with Crippen LogP contribution in [0.2, 0.25) is 5.02 Å². The highest BCUT2D eigenvalue weighted by Crippen LogP contribution is 2.53. The predicted molar refractivity (Wildman–Crippen MR) is 100 cm³/mol. The van der Waals surface area contributed by atoms with Crippen molar-refractivity contribution in [3.05, 3.63) is 79.9 Å². The van der Waals surface area contributed by atoms with Crippen molar-refractivity contribution in [2.45, 2.75) is 32.2 Å². The monoisotopic (exact) mass is 354 g/mol. The largest absolute Gasteiger partial charge is 0.372 e. The Morgan fingerprint density at radius 1 is 1.24 bits per heavy atom. The van der Waals surface area contributed by atoms with Gasteiger partial charge in [-0.05, 0) is 60.6 Å². The molecule has 128 valence electrons.